The molecule has 2 aliphatic rings. The average Bonchev–Trinajstić information content (AvgIpc) is 2.84. The van der Waals surface area contributed by atoms with E-state index in [1.165, 1.54) is 12.8 Å². The number of fused-ring (bicyclic) bond motifs is 1. The molecule has 0 spiro atoms. The lowest BCUT2D eigenvalue weighted by Crippen LogP contribution is -2.41. The number of hydrogen-bond donors (Lipinski definition) is 1. The quantitative estimate of drug-likeness (QED) is 0.822. The minimum atomic E-state index is -0.225. The molecule has 0 radical (unpaired) electrons. The SMILES string of the molecule is O=C(Oc1ccccc1)N1C[C@@H]2CCCN[C@@H]2C1. The number of carbonyl (C=O) groups is 1. The van der Waals surface area contributed by atoms with E-state index in [-0.39, 0.29) is 6.09 Å². The van der Waals surface area contributed by atoms with E-state index in [1.807, 2.05) is 23.1 Å². The van der Waals surface area contributed by atoms with Gasteiger partial charge in [-0.25, -0.2) is 4.79 Å². The van der Waals surface area contributed by atoms with Crippen molar-refractivity contribution in [2.45, 2.75) is 18.9 Å². The molecule has 4 nitrogen and oxygen atoms in total. The van der Waals surface area contributed by atoms with Crippen molar-refractivity contribution in [3.8, 4) is 5.75 Å². The van der Waals surface area contributed by atoms with Gasteiger partial charge < -0.3 is 15.0 Å². The van der Waals surface area contributed by atoms with Gasteiger partial charge in [0, 0.05) is 19.1 Å². The molecule has 18 heavy (non-hydrogen) atoms. The van der Waals surface area contributed by atoms with Crippen molar-refractivity contribution < 1.29 is 9.53 Å². The van der Waals surface area contributed by atoms with Crippen molar-refractivity contribution in [2.75, 3.05) is 19.6 Å². The smallest absolute Gasteiger partial charge is 0.410 e. The molecule has 3 rings (SSSR count). The van der Waals surface area contributed by atoms with Crippen molar-refractivity contribution >= 4 is 6.09 Å². The molecule has 2 heterocycles. The maximum absolute atomic E-state index is 12.0. The number of rotatable bonds is 1. The highest BCUT2D eigenvalue weighted by Gasteiger charge is 2.37. The number of amides is 1. The molecule has 2 fully saturated rings. The van der Waals surface area contributed by atoms with Gasteiger partial charge in [-0.05, 0) is 37.4 Å². The van der Waals surface area contributed by atoms with Gasteiger partial charge in [0.25, 0.3) is 0 Å². The van der Waals surface area contributed by atoms with Crippen molar-refractivity contribution in [2.24, 2.45) is 5.92 Å². The van der Waals surface area contributed by atoms with E-state index in [0.717, 1.165) is 19.6 Å². The Bertz CT molecular complexity index is 407. The fourth-order valence-corrected chi connectivity index (χ4v) is 2.85. The zero-order valence-electron chi connectivity index (χ0n) is 10.3. The number of ether oxygens (including phenoxy) is 1. The van der Waals surface area contributed by atoms with Crippen LogP contribution >= 0.6 is 0 Å². The molecule has 1 N–H and O–H groups in total. The van der Waals surface area contributed by atoms with Crippen LogP contribution in [0, 0.1) is 5.92 Å². The van der Waals surface area contributed by atoms with E-state index < -0.39 is 0 Å². The lowest BCUT2D eigenvalue weighted by molar-refractivity contribution is 0.160. The second-order valence-electron chi connectivity index (χ2n) is 5.05. The van der Waals surface area contributed by atoms with E-state index in [1.54, 1.807) is 12.1 Å². The van der Waals surface area contributed by atoms with Gasteiger partial charge in [0.15, 0.2) is 0 Å². The molecule has 2 saturated heterocycles. The summed E-state index contributed by atoms with van der Waals surface area (Å²) in [5, 5.41) is 3.48. The van der Waals surface area contributed by atoms with Crippen LogP contribution in [0.1, 0.15) is 12.8 Å². The van der Waals surface area contributed by atoms with Gasteiger partial charge in [0.05, 0.1) is 0 Å². The molecule has 0 unspecified atom stereocenters. The number of nitrogens with one attached hydrogen (secondary N) is 1. The van der Waals surface area contributed by atoms with Gasteiger partial charge >= 0.3 is 6.09 Å². The van der Waals surface area contributed by atoms with Crippen LogP contribution in [0.15, 0.2) is 30.3 Å². The summed E-state index contributed by atoms with van der Waals surface area (Å²) in [5.41, 5.74) is 0. The number of hydrogen-bond acceptors (Lipinski definition) is 3. The predicted molar refractivity (Wildman–Crippen MR) is 68.6 cm³/mol. The number of likely N-dealkylation sites (tertiary alicyclic amines) is 1. The Labute approximate surface area is 107 Å². The molecule has 0 aliphatic carbocycles. The van der Waals surface area contributed by atoms with Crippen LogP contribution in [0.2, 0.25) is 0 Å². The molecule has 0 aromatic heterocycles. The van der Waals surface area contributed by atoms with Crippen molar-refractivity contribution in [1.82, 2.24) is 10.2 Å². The molecular weight excluding hydrogens is 228 g/mol. The standard InChI is InChI=1S/C14H18N2O2/c17-14(18-12-6-2-1-3-7-12)16-9-11-5-4-8-15-13(11)10-16/h1-3,6-7,11,13,15H,4-5,8-10H2/t11-,13+/m0/s1. The maximum Gasteiger partial charge on any atom is 0.415 e. The Morgan fingerprint density at radius 2 is 2.11 bits per heavy atom. The summed E-state index contributed by atoms with van der Waals surface area (Å²) < 4.78 is 5.36. The third kappa shape index (κ3) is 2.34. The molecular formula is C14H18N2O2. The van der Waals surface area contributed by atoms with Crippen molar-refractivity contribution in [1.29, 1.82) is 0 Å². The molecule has 0 bridgehead atoms. The normalized spacial score (nSPS) is 26.8. The molecule has 1 aromatic rings. The van der Waals surface area contributed by atoms with E-state index in [0.29, 0.717) is 17.7 Å². The highest BCUT2D eigenvalue weighted by Crippen LogP contribution is 2.25. The number of piperidine rings is 1. The van der Waals surface area contributed by atoms with Crippen LogP contribution in [0.5, 0.6) is 5.75 Å². The minimum absolute atomic E-state index is 0.225. The average molecular weight is 246 g/mol. The Morgan fingerprint density at radius 3 is 2.89 bits per heavy atom. The largest absolute Gasteiger partial charge is 0.415 e. The Morgan fingerprint density at radius 1 is 1.28 bits per heavy atom. The summed E-state index contributed by atoms with van der Waals surface area (Å²) in [4.78, 5) is 13.9. The third-order valence-corrected chi connectivity index (χ3v) is 3.81. The summed E-state index contributed by atoms with van der Waals surface area (Å²) in [5.74, 6) is 1.22. The minimum Gasteiger partial charge on any atom is -0.410 e. The Kier molecular flexibility index (Phi) is 3.19. The van der Waals surface area contributed by atoms with Crippen LogP contribution in [0.4, 0.5) is 4.79 Å². The second-order valence-corrected chi connectivity index (χ2v) is 5.05. The third-order valence-electron chi connectivity index (χ3n) is 3.81. The molecule has 0 saturated carbocycles. The van der Waals surface area contributed by atoms with Gasteiger partial charge in [0.2, 0.25) is 0 Å². The molecule has 96 valence electrons. The van der Waals surface area contributed by atoms with Crippen LogP contribution in [-0.2, 0) is 0 Å². The van der Waals surface area contributed by atoms with Gasteiger partial charge in [0.1, 0.15) is 5.75 Å². The molecule has 1 aromatic carbocycles. The van der Waals surface area contributed by atoms with E-state index >= 15 is 0 Å². The first-order valence-corrected chi connectivity index (χ1v) is 6.58. The topological polar surface area (TPSA) is 41.6 Å². The van der Waals surface area contributed by atoms with Crippen molar-refractivity contribution in [3.63, 3.8) is 0 Å². The van der Waals surface area contributed by atoms with E-state index in [9.17, 15) is 4.79 Å². The van der Waals surface area contributed by atoms with Crippen LogP contribution in [0.3, 0.4) is 0 Å². The number of nitrogens with zero attached hydrogens (tertiary/aromatic N) is 1. The lowest BCUT2D eigenvalue weighted by Gasteiger charge is -2.24. The van der Waals surface area contributed by atoms with Crippen LogP contribution < -0.4 is 10.1 Å². The Balaban J connectivity index is 1.60. The first-order valence-electron chi connectivity index (χ1n) is 6.58. The molecule has 1 amide bonds. The zero-order chi connectivity index (χ0) is 12.4. The van der Waals surface area contributed by atoms with Crippen LogP contribution in [0.25, 0.3) is 0 Å². The second kappa shape index (κ2) is 4.98. The van der Waals surface area contributed by atoms with Crippen molar-refractivity contribution in [3.05, 3.63) is 30.3 Å². The van der Waals surface area contributed by atoms with Gasteiger partial charge in [-0.15, -0.1) is 0 Å². The summed E-state index contributed by atoms with van der Waals surface area (Å²) in [6.45, 7) is 2.67. The van der Waals surface area contributed by atoms with Crippen LogP contribution in [-0.4, -0.2) is 36.7 Å². The summed E-state index contributed by atoms with van der Waals surface area (Å²) in [6, 6.07) is 9.72. The van der Waals surface area contributed by atoms with E-state index in [4.69, 9.17) is 4.74 Å². The van der Waals surface area contributed by atoms with E-state index in [2.05, 4.69) is 5.32 Å². The van der Waals surface area contributed by atoms with Gasteiger partial charge in [-0.1, -0.05) is 18.2 Å². The first-order chi connectivity index (χ1) is 8.83. The number of benzene rings is 1. The molecule has 2 atom stereocenters. The number of para-hydroxylation sites is 1. The highest BCUT2D eigenvalue weighted by molar-refractivity contribution is 5.71. The summed E-state index contributed by atoms with van der Waals surface area (Å²) >= 11 is 0. The molecule has 4 heteroatoms. The fraction of sp³-hybridized carbons (Fsp3) is 0.500. The highest BCUT2D eigenvalue weighted by atomic mass is 16.6. The lowest BCUT2D eigenvalue weighted by atomic mass is 9.94. The first kappa shape index (κ1) is 11.5. The monoisotopic (exact) mass is 246 g/mol. The number of carbonyl (C=O) groups excluding carboxylic acids is 1. The fourth-order valence-electron chi connectivity index (χ4n) is 2.85. The van der Waals surface area contributed by atoms with Gasteiger partial charge in [-0.3, -0.25) is 0 Å². The zero-order valence-corrected chi connectivity index (χ0v) is 10.3. The van der Waals surface area contributed by atoms with Gasteiger partial charge in [-0.2, -0.15) is 0 Å². The summed E-state index contributed by atoms with van der Waals surface area (Å²) in [7, 11) is 0. The maximum atomic E-state index is 12.0. The predicted octanol–water partition coefficient (Wildman–Crippen LogP) is 1.87. The Hall–Kier alpha value is -1.55. The summed E-state index contributed by atoms with van der Waals surface area (Å²) in [6.07, 6.45) is 2.20. The molecule has 2 aliphatic heterocycles.